The molecule has 6 nitrogen and oxygen atoms in total. The van der Waals surface area contributed by atoms with Crippen molar-refractivity contribution in [3.63, 3.8) is 0 Å². The minimum atomic E-state index is -0.400. The monoisotopic (exact) mass is 386 g/mol. The van der Waals surface area contributed by atoms with E-state index in [1.165, 1.54) is 6.08 Å². The van der Waals surface area contributed by atoms with E-state index in [1.54, 1.807) is 32.2 Å². The molecule has 0 atom stereocenters. The van der Waals surface area contributed by atoms with Crippen molar-refractivity contribution in [3.05, 3.63) is 65.7 Å². The third kappa shape index (κ3) is 7.82. The van der Waals surface area contributed by atoms with E-state index in [1.807, 2.05) is 36.4 Å². The Bertz CT molecular complexity index is 742. The van der Waals surface area contributed by atoms with Gasteiger partial charge in [-0.2, -0.15) is 0 Å². The summed E-state index contributed by atoms with van der Waals surface area (Å²) in [6.45, 7) is 3.56. The van der Waals surface area contributed by atoms with Gasteiger partial charge in [-0.1, -0.05) is 30.3 Å². The van der Waals surface area contributed by atoms with Gasteiger partial charge in [0.2, 0.25) is 0 Å². The molecule has 0 spiro atoms. The molecule has 0 aliphatic rings. The van der Waals surface area contributed by atoms with Gasteiger partial charge in [-0.05, 0) is 30.7 Å². The van der Waals surface area contributed by atoms with Gasteiger partial charge >= 0.3 is 5.97 Å². The second-order valence-corrected chi connectivity index (χ2v) is 5.72. The van der Waals surface area contributed by atoms with E-state index < -0.39 is 5.97 Å². The number of ether oxygens (including phenoxy) is 5. The Balaban J connectivity index is 2.07. The Labute approximate surface area is 165 Å². The molecule has 0 aliphatic heterocycles. The van der Waals surface area contributed by atoms with Crippen LogP contribution < -0.4 is 9.47 Å². The number of hydrogen-bond acceptors (Lipinski definition) is 6. The molecule has 150 valence electrons. The zero-order chi connectivity index (χ0) is 20.0. The molecule has 0 saturated carbocycles. The predicted octanol–water partition coefficient (Wildman–Crippen LogP) is 3.84. The van der Waals surface area contributed by atoms with Gasteiger partial charge in [0.05, 0.1) is 19.8 Å². The van der Waals surface area contributed by atoms with Crippen LogP contribution >= 0.6 is 0 Å². The Hall–Kier alpha value is -2.83. The summed E-state index contributed by atoms with van der Waals surface area (Å²) in [6.07, 6.45) is 3.04. The van der Waals surface area contributed by atoms with E-state index >= 15 is 0 Å². The van der Waals surface area contributed by atoms with E-state index in [-0.39, 0.29) is 6.79 Å². The fourth-order valence-electron chi connectivity index (χ4n) is 2.26. The van der Waals surface area contributed by atoms with Crippen molar-refractivity contribution < 1.29 is 28.5 Å². The third-order valence-electron chi connectivity index (χ3n) is 3.65. The first kappa shape index (κ1) is 21.5. The topological polar surface area (TPSA) is 63.2 Å². The van der Waals surface area contributed by atoms with E-state index in [4.69, 9.17) is 23.7 Å². The van der Waals surface area contributed by atoms with Crippen molar-refractivity contribution in [2.75, 3.05) is 33.7 Å². The Morgan fingerprint density at radius 1 is 1.04 bits per heavy atom. The fourth-order valence-corrected chi connectivity index (χ4v) is 2.26. The van der Waals surface area contributed by atoms with E-state index in [9.17, 15) is 4.79 Å². The minimum Gasteiger partial charge on any atom is -0.488 e. The first-order valence-corrected chi connectivity index (χ1v) is 9.08. The summed E-state index contributed by atoms with van der Waals surface area (Å²) in [4.78, 5) is 11.6. The normalized spacial score (nSPS) is 10.8. The van der Waals surface area contributed by atoms with Gasteiger partial charge in [0.1, 0.15) is 18.1 Å². The fraction of sp³-hybridized carbons (Fsp3) is 0.318. The highest BCUT2D eigenvalue weighted by Gasteiger charge is 2.06. The number of rotatable bonds is 12. The standard InChI is InChI=1S/C22H26O6/c1-3-26-22(23)12-10-19-9-11-20(28-17-25-14-13-24-2)15-21(19)27-16-18-7-5-4-6-8-18/h4-12,15H,3,13-14,16-17H2,1-2H3. The second kappa shape index (κ2) is 12.5. The van der Waals surface area contributed by atoms with Gasteiger partial charge in [0, 0.05) is 24.8 Å². The van der Waals surface area contributed by atoms with Crippen molar-refractivity contribution in [1.82, 2.24) is 0 Å². The van der Waals surface area contributed by atoms with Crippen molar-refractivity contribution in [3.8, 4) is 11.5 Å². The highest BCUT2D eigenvalue weighted by atomic mass is 16.7. The van der Waals surface area contributed by atoms with Crippen LogP contribution in [-0.4, -0.2) is 39.7 Å². The van der Waals surface area contributed by atoms with Crippen LogP contribution in [0.25, 0.3) is 6.08 Å². The molecule has 0 bridgehead atoms. The zero-order valence-corrected chi connectivity index (χ0v) is 16.3. The van der Waals surface area contributed by atoms with Gasteiger partial charge in [-0.3, -0.25) is 0 Å². The Morgan fingerprint density at radius 3 is 2.61 bits per heavy atom. The van der Waals surface area contributed by atoms with Crippen LogP contribution in [0.2, 0.25) is 0 Å². The van der Waals surface area contributed by atoms with Gasteiger partial charge in [-0.15, -0.1) is 0 Å². The summed E-state index contributed by atoms with van der Waals surface area (Å²) in [7, 11) is 1.61. The van der Waals surface area contributed by atoms with Crippen LogP contribution in [-0.2, 0) is 25.6 Å². The second-order valence-electron chi connectivity index (χ2n) is 5.72. The summed E-state index contributed by atoms with van der Waals surface area (Å²) in [5, 5.41) is 0. The molecule has 0 saturated heterocycles. The largest absolute Gasteiger partial charge is 0.488 e. The summed E-state index contributed by atoms with van der Waals surface area (Å²) in [6, 6.07) is 15.2. The number of methoxy groups -OCH3 is 1. The molecule has 0 unspecified atom stereocenters. The lowest BCUT2D eigenvalue weighted by Gasteiger charge is -2.13. The molecule has 2 aromatic carbocycles. The van der Waals surface area contributed by atoms with Crippen molar-refractivity contribution in [2.24, 2.45) is 0 Å². The highest BCUT2D eigenvalue weighted by Crippen LogP contribution is 2.27. The first-order valence-electron chi connectivity index (χ1n) is 9.08. The molecule has 0 heterocycles. The van der Waals surface area contributed by atoms with E-state index in [0.29, 0.717) is 37.9 Å². The summed E-state index contributed by atoms with van der Waals surface area (Å²) in [5.41, 5.74) is 1.79. The van der Waals surface area contributed by atoms with Crippen LogP contribution in [0.4, 0.5) is 0 Å². The number of esters is 1. The van der Waals surface area contributed by atoms with Crippen molar-refractivity contribution in [2.45, 2.75) is 13.5 Å². The molecule has 0 amide bonds. The molecule has 6 heteroatoms. The SMILES string of the molecule is CCOC(=O)C=Cc1ccc(OCOCCOC)cc1OCc1ccccc1. The first-order chi connectivity index (χ1) is 13.7. The van der Waals surface area contributed by atoms with Crippen molar-refractivity contribution >= 4 is 12.0 Å². The van der Waals surface area contributed by atoms with Crippen molar-refractivity contribution in [1.29, 1.82) is 0 Å². The molecule has 0 aliphatic carbocycles. The smallest absolute Gasteiger partial charge is 0.330 e. The summed E-state index contributed by atoms with van der Waals surface area (Å²) >= 11 is 0. The van der Waals surface area contributed by atoms with Gasteiger partial charge in [-0.25, -0.2) is 4.79 Å². The zero-order valence-electron chi connectivity index (χ0n) is 16.3. The maximum absolute atomic E-state index is 11.6. The van der Waals surface area contributed by atoms with Crippen LogP contribution in [0.5, 0.6) is 11.5 Å². The van der Waals surface area contributed by atoms with E-state index in [0.717, 1.165) is 11.1 Å². The summed E-state index contributed by atoms with van der Waals surface area (Å²) in [5.74, 6) is 0.802. The lowest BCUT2D eigenvalue weighted by atomic mass is 10.1. The minimum absolute atomic E-state index is 0.111. The van der Waals surface area contributed by atoms with Crippen LogP contribution in [0.3, 0.4) is 0 Å². The molecule has 0 fully saturated rings. The molecular formula is C22H26O6. The van der Waals surface area contributed by atoms with Crippen LogP contribution in [0.15, 0.2) is 54.6 Å². The predicted molar refractivity (Wildman–Crippen MR) is 106 cm³/mol. The van der Waals surface area contributed by atoms with Gasteiger partial charge in [0.25, 0.3) is 0 Å². The number of benzene rings is 2. The van der Waals surface area contributed by atoms with Crippen LogP contribution in [0, 0.1) is 0 Å². The Kier molecular flexibility index (Phi) is 9.61. The number of carbonyl (C=O) groups is 1. The number of carbonyl (C=O) groups excluding carboxylic acids is 1. The molecular weight excluding hydrogens is 360 g/mol. The number of hydrogen-bond donors (Lipinski definition) is 0. The quantitative estimate of drug-likeness (QED) is 0.239. The highest BCUT2D eigenvalue weighted by molar-refractivity contribution is 5.87. The molecule has 2 rings (SSSR count). The molecule has 0 N–H and O–H groups in total. The Morgan fingerprint density at radius 2 is 1.86 bits per heavy atom. The molecule has 0 aromatic heterocycles. The van der Waals surface area contributed by atoms with Gasteiger partial charge < -0.3 is 23.7 Å². The average Bonchev–Trinajstić information content (AvgIpc) is 2.72. The molecule has 28 heavy (non-hydrogen) atoms. The lowest BCUT2D eigenvalue weighted by molar-refractivity contribution is -0.137. The molecule has 0 radical (unpaired) electrons. The maximum Gasteiger partial charge on any atom is 0.330 e. The third-order valence-corrected chi connectivity index (χ3v) is 3.65. The maximum atomic E-state index is 11.6. The lowest BCUT2D eigenvalue weighted by Crippen LogP contribution is -2.08. The van der Waals surface area contributed by atoms with Gasteiger partial charge in [0.15, 0.2) is 6.79 Å². The molecule has 2 aromatic rings. The average molecular weight is 386 g/mol. The van der Waals surface area contributed by atoms with Crippen LogP contribution in [0.1, 0.15) is 18.1 Å². The van der Waals surface area contributed by atoms with E-state index in [2.05, 4.69) is 0 Å². The summed E-state index contributed by atoms with van der Waals surface area (Å²) < 4.78 is 26.7.